The van der Waals surface area contributed by atoms with E-state index in [9.17, 15) is 0 Å². The van der Waals surface area contributed by atoms with Crippen LogP contribution in [0.2, 0.25) is 19.6 Å². The van der Waals surface area contributed by atoms with Crippen LogP contribution >= 0.6 is 0 Å². The minimum absolute atomic E-state index is 0.276. The van der Waals surface area contributed by atoms with Crippen LogP contribution in [0.3, 0.4) is 0 Å². The fourth-order valence-corrected chi connectivity index (χ4v) is 12.4. The lowest BCUT2D eigenvalue weighted by Gasteiger charge is -2.71. The lowest BCUT2D eigenvalue weighted by molar-refractivity contribution is -0.200. The van der Waals surface area contributed by atoms with Crippen molar-refractivity contribution in [1.82, 2.24) is 0 Å². The summed E-state index contributed by atoms with van der Waals surface area (Å²) in [6, 6.07) is 0. The molecule has 0 N–H and O–H groups in total. The minimum Gasteiger partial charge on any atom is -0.414 e. The minimum atomic E-state index is -1.54. The van der Waals surface area contributed by atoms with Crippen LogP contribution in [0.1, 0.15) is 120 Å². The van der Waals surface area contributed by atoms with E-state index < -0.39 is 8.32 Å². The van der Waals surface area contributed by atoms with Gasteiger partial charge in [0.2, 0.25) is 0 Å². The Morgan fingerprint density at radius 1 is 0.771 bits per heavy atom. The highest BCUT2D eigenvalue weighted by Crippen LogP contribution is 2.75. The van der Waals surface area contributed by atoms with Crippen molar-refractivity contribution in [2.24, 2.45) is 50.2 Å². The molecule has 0 aromatic heterocycles. The zero-order valence-corrected chi connectivity index (χ0v) is 26.4. The molecule has 0 aromatic rings. The first-order chi connectivity index (χ1) is 15.9. The molecule has 4 fully saturated rings. The van der Waals surface area contributed by atoms with E-state index >= 15 is 0 Å². The van der Waals surface area contributed by atoms with Crippen LogP contribution in [-0.4, -0.2) is 14.4 Å². The van der Waals surface area contributed by atoms with Gasteiger partial charge in [0.05, 0.1) is 6.10 Å². The predicted octanol–water partition coefficient (Wildman–Crippen LogP) is 10.0. The summed E-state index contributed by atoms with van der Waals surface area (Å²) in [6.07, 6.45) is 17.2. The fourth-order valence-electron chi connectivity index (χ4n) is 11.1. The first-order valence-electron chi connectivity index (χ1n) is 15.3. The first kappa shape index (κ1) is 26.5. The van der Waals surface area contributed by atoms with Crippen molar-refractivity contribution in [3.05, 3.63) is 11.6 Å². The molecule has 1 unspecified atom stereocenters. The van der Waals surface area contributed by atoms with E-state index in [1.165, 1.54) is 64.2 Å². The maximum absolute atomic E-state index is 6.87. The smallest absolute Gasteiger partial charge is 0.184 e. The summed E-state index contributed by atoms with van der Waals surface area (Å²) < 4.78 is 6.87. The van der Waals surface area contributed by atoms with Crippen molar-refractivity contribution in [1.29, 1.82) is 0 Å². The van der Waals surface area contributed by atoms with E-state index in [1.54, 1.807) is 0 Å². The summed E-state index contributed by atoms with van der Waals surface area (Å²) in [5, 5.41) is 0. The predicted molar refractivity (Wildman–Crippen MR) is 153 cm³/mol. The molecular formula is C33H58OSi. The van der Waals surface area contributed by atoms with E-state index in [-0.39, 0.29) is 5.41 Å². The Morgan fingerprint density at radius 2 is 1.43 bits per heavy atom. The van der Waals surface area contributed by atoms with Gasteiger partial charge in [-0.3, -0.25) is 0 Å². The molecule has 8 atom stereocenters. The van der Waals surface area contributed by atoms with Gasteiger partial charge in [-0.2, -0.15) is 0 Å². The Kier molecular flexibility index (Phi) is 5.86. The molecule has 0 aliphatic heterocycles. The largest absolute Gasteiger partial charge is 0.414 e. The van der Waals surface area contributed by atoms with Crippen molar-refractivity contribution >= 4 is 8.32 Å². The number of hydrogen-bond acceptors (Lipinski definition) is 1. The molecule has 1 nitrogen and oxygen atoms in total. The molecular weight excluding hydrogens is 440 g/mol. The Morgan fingerprint density at radius 3 is 2.09 bits per heavy atom. The Bertz CT molecular complexity index is 893. The lowest BCUT2D eigenvalue weighted by atomic mass is 9.33. The van der Waals surface area contributed by atoms with Crippen molar-refractivity contribution in [2.75, 3.05) is 0 Å². The molecule has 200 valence electrons. The Labute approximate surface area is 219 Å². The molecule has 0 bridgehead atoms. The summed E-state index contributed by atoms with van der Waals surface area (Å²) >= 11 is 0. The molecule has 35 heavy (non-hydrogen) atoms. The van der Waals surface area contributed by atoms with Gasteiger partial charge in [-0.1, -0.05) is 67.0 Å². The van der Waals surface area contributed by atoms with Crippen LogP contribution in [-0.2, 0) is 4.43 Å². The van der Waals surface area contributed by atoms with E-state index in [4.69, 9.17) is 4.43 Å². The van der Waals surface area contributed by atoms with E-state index in [2.05, 4.69) is 81.1 Å². The van der Waals surface area contributed by atoms with Gasteiger partial charge in [-0.15, -0.1) is 0 Å². The van der Waals surface area contributed by atoms with Crippen LogP contribution < -0.4 is 0 Å². The number of allylic oxidation sites excluding steroid dienone is 2. The van der Waals surface area contributed by atoms with Gasteiger partial charge in [0, 0.05) is 0 Å². The summed E-state index contributed by atoms with van der Waals surface area (Å²) in [4.78, 5) is 0. The molecule has 5 rings (SSSR count). The number of fused-ring (bicyclic) bond motifs is 7. The van der Waals surface area contributed by atoms with Crippen molar-refractivity contribution in [3.8, 4) is 0 Å². The van der Waals surface area contributed by atoms with Gasteiger partial charge < -0.3 is 4.43 Å². The SMILES string of the molecule is CC1(C)CC[C@]2(C)CC[C@]3(C)C(=CC[C@@H]4[C@@]5(C)CCC(O[Si](C)(C)C)C(C)(C)[C@@H]5CC[C@]43C)[C@@H]2C1. The van der Waals surface area contributed by atoms with Crippen LogP contribution in [0, 0.1) is 50.2 Å². The zero-order chi connectivity index (χ0) is 25.9. The molecule has 2 heteroatoms. The van der Waals surface area contributed by atoms with Gasteiger partial charge in [0.25, 0.3) is 0 Å². The van der Waals surface area contributed by atoms with Crippen LogP contribution in [0.25, 0.3) is 0 Å². The zero-order valence-electron chi connectivity index (χ0n) is 25.4. The Balaban J connectivity index is 1.51. The van der Waals surface area contributed by atoms with Gasteiger partial charge in [0.15, 0.2) is 8.32 Å². The normalized spacial score (nSPS) is 50.8. The van der Waals surface area contributed by atoms with E-state index in [0.29, 0.717) is 33.2 Å². The molecule has 0 amide bonds. The highest BCUT2D eigenvalue weighted by molar-refractivity contribution is 6.69. The topological polar surface area (TPSA) is 9.23 Å². The van der Waals surface area contributed by atoms with Gasteiger partial charge >= 0.3 is 0 Å². The fraction of sp³-hybridized carbons (Fsp3) is 0.939. The third-order valence-electron chi connectivity index (χ3n) is 13.5. The maximum atomic E-state index is 6.87. The molecule has 0 saturated heterocycles. The second-order valence-corrected chi connectivity index (χ2v) is 21.9. The molecule has 0 aromatic carbocycles. The van der Waals surface area contributed by atoms with Crippen LogP contribution in [0.15, 0.2) is 11.6 Å². The average Bonchev–Trinajstić information content (AvgIpc) is 2.71. The second-order valence-electron chi connectivity index (χ2n) is 17.4. The standard InChI is InChI=1S/C33H58OSi/c1-28(2)18-19-30(5)20-21-32(7)23(24(30)22-28)12-13-26-31(6)16-15-27(34-35(9,10)11)29(3,4)25(31)14-17-33(26,32)8/h12,24-27H,13-22H2,1-11H3/t24-,25-,26+,27?,30+,31-,32+,33+/m0/s1. The summed E-state index contributed by atoms with van der Waals surface area (Å²) in [7, 11) is -1.54. The first-order valence-corrected chi connectivity index (χ1v) is 18.7. The van der Waals surface area contributed by atoms with Crippen LogP contribution in [0.5, 0.6) is 0 Å². The quantitative estimate of drug-likeness (QED) is 0.272. The third-order valence-corrected chi connectivity index (χ3v) is 14.5. The highest BCUT2D eigenvalue weighted by Gasteiger charge is 2.68. The maximum Gasteiger partial charge on any atom is 0.184 e. The second kappa shape index (κ2) is 7.74. The highest BCUT2D eigenvalue weighted by atomic mass is 28.4. The number of rotatable bonds is 2. The van der Waals surface area contributed by atoms with Crippen molar-refractivity contribution in [3.63, 3.8) is 0 Å². The molecule has 4 saturated carbocycles. The third kappa shape index (κ3) is 3.76. The monoisotopic (exact) mass is 498 g/mol. The summed E-state index contributed by atoms with van der Waals surface area (Å²) in [6.45, 7) is 28.3. The van der Waals surface area contributed by atoms with Crippen molar-refractivity contribution < 1.29 is 4.43 Å². The van der Waals surface area contributed by atoms with Crippen molar-refractivity contribution in [2.45, 2.75) is 145 Å². The Hall–Kier alpha value is -0.0831. The number of hydrogen-bond donors (Lipinski definition) is 0. The summed E-state index contributed by atoms with van der Waals surface area (Å²) in [5.41, 5.74) is 4.49. The van der Waals surface area contributed by atoms with E-state index in [1.807, 2.05) is 5.57 Å². The molecule has 5 aliphatic carbocycles. The van der Waals surface area contributed by atoms with Crippen LogP contribution in [0.4, 0.5) is 0 Å². The van der Waals surface area contributed by atoms with E-state index in [0.717, 1.165) is 17.8 Å². The van der Waals surface area contributed by atoms with Gasteiger partial charge in [-0.25, -0.2) is 0 Å². The van der Waals surface area contributed by atoms with Gasteiger partial charge in [0.1, 0.15) is 0 Å². The molecule has 5 aliphatic rings. The van der Waals surface area contributed by atoms with Gasteiger partial charge in [-0.05, 0) is 134 Å². The lowest BCUT2D eigenvalue weighted by Crippen LogP contribution is -2.65. The average molecular weight is 499 g/mol. The summed E-state index contributed by atoms with van der Waals surface area (Å²) in [5.74, 6) is 2.41. The molecule has 0 radical (unpaired) electrons. The molecule has 0 spiro atoms. The molecule has 0 heterocycles.